The second-order valence-electron chi connectivity index (χ2n) is 7.82. The zero-order valence-electron chi connectivity index (χ0n) is 15.9. The molecule has 0 aliphatic carbocycles. The first-order valence-corrected chi connectivity index (χ1v) is 10.1. The number of anilines is 1. The molecular weight excluding hydrogens is 350 g/mol. The molecule has 0 bridgehead atoms. The summed E-state index contributed by atoms with van der Waals surface area (Å²) >= 11 is 0. The molecule has 0 spiro atoms. The molecule has 2 aliphatic heterocycles. The Balaban J connectivity index is 1.28. The van der Waals surface area contributed by atoms with Crippen LogP contribution in [-0.4, -0.2) is 35.0 Å². The summed E-state index contributed by atoms with van der Waals surface area (Å²) in [7, 11) is 0. The number of benzene rings is 2. The highest BCUT2D eigenvalue weighted by molar-refractivity contribution is 5.94. The monoisotopic (exact) mass is 375 g/mol. The zero-order valence-corrected chi connectivity index (χ0v) is 15.9. The van der Waals surface area contributed by atoms with Crippen LogP contribution in [0.15, 0.2) is 48.5 Å². The van der Waals surface area contributed by atoms with Gasteiger partial charge in [0.2, 0.25) is 0 Å². The number of carbonyl (C=O) groups excluding carboxylic acids is 1. The standard InChI is InChI=1S/C23H25N3O2/c27-23(22-6-3-11-28-22)25-19-8-7-16-9-10-26(14-18(16)13-19)15-20-12-17-4-1-2-5-21(17)24-20/h1-2,4-5,7-8,12-13,22,24H,3,6,9-11,14-15H2,(H,25,27). The minimum Gasteiger partial charge on any atom is -0.368 e. The van der Waals surface area contributed by atoms with E-state index < -0.39 is 0 Å². The highest BCUT2D eigenvalue weighted by atomic mass is 16.5. The Morgan fingerprint density at radius 3 is 2.96 bits per heavy atom. The Bertz CT molecular complexity index is 971. The fraction of sp³-hybridized carbons (Fsp3) is 0.348. The van der Waals surface area contributed by atoms with Gasteiger partial charge in [-0.25, -0.2) is 0 Å². The van der Waals surface area contributed by atoms with Gasteiger partial charge in [0, 0.05) is 43.1 Å². The van der Waals surface area contributed by atoms with Gasteiger partial charge in [-0.3, -0.25) is 9.69 Å². The van der Waals surface area contributed by atoms with E-state index in [4.69, 9.17) is 4.74 Å². The minimum absolute atomic E-state index is 0.0248. The van der Waals surface area contributed by atoms with Crippen LogP contribution < -0.4 is 5.32 Å². The van der Waals surface area contributed by atoms with Crippen molar-refractivity contribution in [1.29, 1.82) is 0 Å². The van der Waals surface area contributed by atoms with Crippen LogP contribution in [0.1, 0.15) is 29.7 Å². The number of para-hydroxylation sites is 1. The number of hydrogen-bond donors (Lipinski definition) is 2. The Morgan fingerprint density at radius 2 is 2.11 bits per heavy atom. The summed E-state index contributed by atoms with van der Waals surface area (Å²) in [6.07, 6.45) is 2.52. The molecule has 3 aromatic rings. The van der Waals surface area contributed by atoms with Crippen LogP contribution in [0.5, 0.6) is 0 Å². The number of ether oxygens (including phenoxy) is 1. The summed E-state index contributed by atoms with van der Waals surface area (Å²) in [6, 6.07) is 16.9. The predicted molar refractivity (Wildman–Crippen MR) is 110 cm³/mol. The number of nitrogens with zero attached hydrogens (tertiary/aromatic N) is 1. The molecule has 5 nitrogen and oxygen atoms in total. The molecule has 0 radical (unpaired) electrons. The summed E-state index contributed by atoms with van der Waals surface area (Å²) in [6.45, 7) is 3.53. The number of nitrogens with one attached hydrogen (secondary N) is 2. The first-order chi connectivity index (χ1) is 13.7. The zero-order chi connectivity index (χ0) is 18.9. The number of fused-ring (bicyclic) bond motifs is 2. The molecule has 28 heavy (non-hydrogen) atoms. The Morgan fingerprint density at radius 1 is 1.18 bits per heavy atom. The van der Waals surface area contributed by atoms with Crippen LogP contribution >= 0.6 is 0 Å². The number of amides is 1. The van der Waals surface area contributed by atoms with E-state index in [1.807, 2.05) is 6.07 Å². The van der Waals surface area contributed by atoms with Crippen molar-refractivity contribution in [3.05, 3.63) is 65.4 Å². The third-order valence-corrected chi connectivity index (χ3v) is 5.77. The van der Waals surface area contributed by atoms with Crippen molar-refractivity contribution in [3.8, 4) is 0 Å². The smallest absolute Gasteiger partial charge is 0.253 e. The van der Waals surface area contributed by atoms with Crippen LogP contribution in [0.4, 0.5) is 5.69 Å². The molecule has 1 fully saturated rings. The van der Waals surface area contributed by atoms with Crippen LogP contribution in [-0.2, 0) is 29.0 Å². The maximum Gasteiger partial charge on any atom is 0.253 e. The summed E-state index contributed by atoms with van der Waals surface area (Å²) in [5.74, 6) is -0.0248. The molecule has 5 rings (SSSR count). The van der Waals surface area contributed by atoms with Gasteiger partial charge < -0.3 is 15.0 Å². The highest BCUT2D eigenvalue weighted by Crippen LogP contribution is 2.25. The molecule has 1 saturated heterocycles. The van der Waals surface area contributed by atoms with Gasteiger partial charge in [-0.05, 0) is 60.0 Å². The van der Waals surface area contributed by atoms with E-state index in [1.54, 1.807) is 0 Å². The molecular formula is C23H25N3O2. The largest absolute Gasteiger partial charge is 0.368 e. The van der Waals surface area contributed by atoms with Gasteiger partial charge in [-0.15, -0.1) is 0 Å². The molecule has 0 saturated carbocycles. The number of aromatic amines is 1. The summed E-state index contributed by atoms with van der Waals surface area (Å²) < 4.78 is 5.48. The predicted octanol–water partition coefficient (Wildman–Crippen LogP) is 3.84. The molecule has 1 atom stereocenters. The van der Waals surface area contributed by atoms with Crippen molar-refractivity contribution in [3.63, 3.8) is 0 Å². The van der Waals surface area contributed by atoms with Crippen LogP contribution in [0.2, 0.25) is 0 Å². The second kappa shape index (κ2) is 7.41. The van der Waals surface area contributed by atoms with Crippen molar-refractivity contribution < 1.29 is 9.53 Å². The third kappa shape index (κ3) is 3.55. The number of rotatable bonds is 4. The minimum atomic E-state index is -0.297. The Kier molecular flexibility index (Phi) is 4.63. The van der Waals surface area contributed by atoms with Gasteiger partial charge in [0.1, 0.15) is 6.10 Å². The lowest BCUT2D eigenvalue weighted by molar-refractivity contribution is -0.124. The lowest BCUT2D eigenvalue weighted by Crippen LogP contribution is -2.30. The first kappa shape index (κ1) is 17.5. The molecule has 1 unspecified atom stereocenters. The van der Waals surface area contributed by atoms with Gasteiger partial charge in [-0.1, -0.05) is 24.3 Å². The SMILES string of the molecule is O=C(Nc1ccc2c(c1)CN(Cc1cc3ccccc3[nH]1)CC2)C1CCCO1. The summed E-state index contributed by atoms with van der Waals surface area (Å²) in [5, 5.41) is 4.29. The fourth-order valence-electron chi connectivity index (χ4n) is 4.29. The van der Waals surface area contributed by atoms with Crippen molar-refractivity contribution in [2.75, 3.05) is 18.5 Å². The van der Waals surface area contributed by atoms with E-state index in [-0.39, 0.29) is 12.0 Å². The highest BCUT2D eigenvalue weighted by Gasteiger charge is 2.24. The van der Waals surface area contributed by atoms with Crippen molar-refractivity contribution in [2.24, 2.45) is 0 Å². The number of aromatic nitrogens is 1. The first-order valence-electron chi connectivity index (χ1n) is 10.1. The van der Waals surface area contributed by atoms with Crippen molar-refractivity contribution in [2.45, 2.75) is 38.5 Å². The van der Waals surface area contributed by atoms with Crippen LogP contribution in [0.3, 0.4) is 0 Å². The van der Waals surface area contributed by atoms with E-state index in [0.717, 1.165) is 44.6 Å². The van der Waals surface area contributed by atoms with Crippen molar-refractivity contribution in [1.82, 2.24) is 9.88 Å². The van der Waals surface area contributed by atoms with E-state index in [9.17, 15) is 4.79 Å². The second-order valence-corrected chi connectivity index (χ2v) is 7.82. The van der Waals surface area contributed by atoms with Gasteiger partial charge in [0.25, 0.3) is 5.91 Å². The average molecular weight is 375 g/mol. The Hall–Kier alpha value is -2.63. The lowest BCUT2D eigenvalue weighted by atomic mass is 9.99. The van der Waals surface area contributed by atoms with Crippen molar-refractivity contribution >= 4 is 22.5 Å². The molecule has 2 aromatic carbocycles. The number of H-pyrrole nitrogens is 1. The quantitative estimate of drug-likeness (QED) is 0.728. The van der Waals surface area contributed by atoms with Gasteiger partial charge in [0.15, 0.2) is 0 Å². The Labute approximate surface area is 164 Å². The van der Waals surface area contributed by atoms with E-state index in [1.165, 1.54) is 27.7 Å². The summed E-state index contributed by atoms with van der Waals surface area (Å²) in [4.78, 5) is 18.3. The molecule has 144 valence electrons. The maximum absolute atomic E-state index is 12.3. The average Bonchev–Trinajstić information content (AvgIpc) is 3.37. The maximum atomic E-state index is 12.3. The molecule has 5 heteroatoms. The molecule has 1 amide bonds. The topological polar surface area (TPSA) is 57.4 Å². The molecule has 1 aromatic heterocycles. The normalized spacial score (nSPS) is 19.6. The van der Waals surface area contributed by atoms with Gasteiger partial charge >= 0.3 is 0 Å². The van der Waals surface area contributed by atoms with E-state index in [2.05, 4.69) is 57.7 Å². The third-order valence-electron chi connectivity index (χ3n) is 5.77. The number of carbonyl (C=O) groups is 1. The summed E-state index contributed by atoms with van der Waals surface area (Å²) in [5.41, 5.74) is 5.98. The molecule has 2 N–H and O–H groups in total. The number of hydrogen-bond acceptors (Lipinski definition) is 3. The van der Waals surface area contributed by atoms with Gasteiger partial charge in [0.05, 0.1) is 0 Å². The van der Waals surface area contributed by atoms with Crippen LogP contribution in [0, 0.1) is 0 Å². The fourth-order valence-corrected chi connectivity index (χ4v) is 4.29. The molecule has 2 aliphatic rings. The van der Waals surface area contributed by atoms with E-state index >= 15 is 0 Å². The van der Waals surface area contributed by atoms with E-state index in [0.29, 0.717) is 6.61 Å². The molecule has 3 heterocycles. The van der Waals surface area contributed by atoms with Gasteiger partial charge in [-0.2, -0.15) is 0 Å². The lowest BCUT2D eigenvalue weighted by Gasteiger charge is -2.28. The van der Waals surface area contributed by atoms with Crippen LogP contribution in [0.25, 0.3) is 10.9 Å².